The van der Waals surface area contributed by atoms with E-state index in [9.17, 15) is 9.90 Å². The van der Waals surface area contributed by atoms with E-state index in [2.05, 4.69) is 17.5 Å². The maximum atomic E-state index is 11.5. The third kappa shape index (κ3) is 4.91. The van der Waals surface area contributed by atoms with Gasteiger partial charge in [0.2, 0.25) is 0 Å². The fraction of sp³-hybridized carbons (Fsp3) is 0.103. The fourth-order valence-electron chi connectivity index (χ4n) is 4.08. The van der Waals surface area contributed by atoms with E-state index in [1.165, 1.54) is 0 Å². The van der Waals surface area contributed by atoms with Gasteiger partial charge in [0.25, 0.3) is 0 Å². The molecule has 1 atom stereocenters. The average Bonchev–Trinajstić information content (AvgIpc) is 3.58. The zero-order valence-corrected chi connectivity index (χ0v) is 21.0. The van der Waals surface area contributed by atoms with Crippen molar-refractivity contribution in [2.45, 2.75) is 19.4 Å². The van der Waals surface area contributed by atoms with Crippen LogP contribution in [0.2, 0.25) is 5.02 Å². The molecule has 1 N–H and O–H groups in total. The van der Waals surface area contributed by atoms with E-state index in [0.717, 1.165) is 39.3 Å². The molecule has 0 aliphatic heterocycles. The Bertz CT molecular complexity index is 1490. The number of nitrogens with zero attached hydrogens (tertiary/aromatic N) is 2. The largest absolute Gasteiger partial charge is 0.479 e. The molecule has 5 nitrogen and oxygen atoms in total. The average molecular weight is 515 g/mol. The van der Waals surface area contributed by atoms with E-state index in [1.807, 2.05) is 76.8 Å². The molecular weight excluding hydrogens is 492 g/mol. The van der Waals surface area contributed by atoms with Crippen molar-refractivity contribution < 1.29 is 14.6 Å². The van der Waals surface area contributed by atoms with Gasteiger partial charge in [-0.15, -0.1) is 0 Å². The maximum absolute atomic E-state index is 11.5. The maximum Gasteiger partial charge on any atom is 0.344 e. The summed E-state index contributed by atoms with van der Waals surface area (Å²) in [6.07, 6.45) is -0.511. The summed E-state index contributed by atoms with van der Waals surface area (Å²) in [5, 5.41) is 19.2. The highest BCUT2D eigenvalue weighted by atomic mass is 35.5. The minimum Gasteiger partial charge on any atom is -0.479 e. The predicted molar refractivity (Wildman–Crippen MR) is 145 cm³/mol. The first-order valence-corrected chi connectivity index (χ1v) is 12.8. The number of ether oxygens (including phenoxy) is 1. The van der Waals surface area contributed by atoms with E-state index in [1.54, 1.807) is 24.3 Å². The monoisotopic (exact) mass is 514 g/mol. The second kappa shape index (κ2) is 10.4. The number of aliphatic carboxylic acids is 1. The quantitative estimate of drug-likeness (QED) is 0.229. The second-order valence-electron chi connectivity index (χ2n) is 8.24. The summed E-state index contributed by atoms with van der Waals surface area (Å²) in [5.41, 5.74) is 6.66. The normalized spacial score (nSPS) is 11.8. The standard InChI is InChI=1S/C29H23ClN2O3S/c1-2-28(29(33)34)35-23-7-5-6-19(16-23)24-8-3-4-9-25(24)26-17-27(20-14-15-36-18-20)32(31-26)22-12-10-21(30)11-13-22/h3-18,28H,2H2,1H3,(H,33,34). The van der Waals surface area contributed by atoms with Gasteiger partial charge in [0.15, 0.2) is 6.10 Å². The molecule has 0 amide bonds. The van der Waals surface area contributed by atoms with Crippen LogP contribution in [0.3, 0.4) is 0 Å². The highest BCUT2D eigenvalue weighted by Crippen LogP contribution is 2.36. The lowest BCUT2D eigenvalue weighted by molar-refractivity contribution is -0.145. The van der Waals surface area contributed by atoms with Crippen molar-refractivity contribution in [2.75, 3.05) is 0 Å². The van der Waals surface area contributed by atoms with E-state index >= 15 is 0 Å². The summed E-state index contributed by atoms with van der Waals surface area (Å²) in [4.78, 5) is 11.5. The van der Waals surface area contributed by atoms with Gasteiger partial charge in [-0.25, -0.2) is 9.48 Å². The molecule has 7 heteroatoms. The zero-order chi connectivity index (χ0) is 25.1. The van der Waals surface area contributed by atoms with Crippen molar-refractivity contribution >= 4 is 28.9 Å². The molecule has 5 aromatic rings. The molecule has 0 aliphatic rings. The van der Waals surface area contributed by atoms with Crippen LogP contribution < -0.4 is 4.74 Å². The third-order valence-corrected chi connectivity index (χ3v) is 6.81. The minimum atomic E-state index is -0.975. The Hall–Kier alpha value is -3.87. The number of carboxylic acids is 1. The fourth-order valence-corrected chi connectivity index (χ4v) is 4.85. The van der Waals surface area contributed by atoms with Crippen LogP contribution in [-0.4, -0.2) is 27.0 Å². The number of carboxylic acid groups (broad SMARTS) is 1. The summed E-state index contributed by atoms with van der Waals surface area (Å²) in [5.74, 6) is -0.459. The number of halogens is 1. The predicted octanol–water partition coefficient (Wildman–Crippen LogP) is 7.83. The molecule has 2 aromatic heterocycles. The number of rotatable bonds is 8. The molecule has 0 saturated heterocycles. The van der Waals surface area contributed by atoms with Gasteiger partial charge >= 0.3 is 5.97 Å². The van der Waals surface area contributed by atoms with Gasteiger partial charge < -0.3 is 9.84 Å². The zero-order valence-electron chi connectivity index (χ0n) is 19.5. The van der Waals surface area contributed by atoms with Crippen LogP contribution in [0.25, 0.3) is 39.3 Å². The summed E-state index contributed by atoms with van der Waals surface area (Å²) in [7, 11) is 0. The molecule has 0 bridgehead atoms. The Morgan fingerprint density at radius 3 is 2.47 bits per heavy atom. The van der Waals surface area contributed by atoms with Crippen LogP contribution in [0.1, 0.15) is 13.3 Å². The van der Waals surface area contributed by atoms with Crippen molar-refractivity contribution in [3.8, 4) is 45.1 Å². The topological polar surface area (TPSA) is 64.4 Å². The van der Waals surface area contributed by atoms with Crippen LogP contribution in [0.4, 0.5) is 0 Å². The molecule has 0 fully saturated rings. The smallest absolute Gasteiger partial charge is 0.344 e. The van der Waals surface area contributed by atoms with Crippen LogP contribution in [0.15, 0.2) is 95.7 Å². The van der Waals surface area contributed by atoms with Crippen molar-refractivity contribution in [3.05, 3.63) is 101 Å². The Kier molecular flexibility index (Phi) is 6.89. The molecule has 2 heterocycles. The molecule has 36 heavy (non-hydrogen) atoms. The molecular formula is C29H23ClN2O3S. The SMILES string of the molecule is CCC(Oc1cccc(-c2ccccc2-c2cc(-c3ccsc3)n(-c3ccc(Cl)cc3)n2)c1)C(=O)O. The Labute approximate surface area is 218 Å². The minimum absolute atomic E-state index is 0.379. The Balaban J connectivity index is 1.59. The second-order valence-corrected chi connectivity index (χ2v) is 9.46. The Morgan fingerprint density at radius 1 is 1.00 bits per heavy atom. The van der Waals surface area contributed by atoms with E-state index < -0.39 is 12.1 Å². The van der Waals surface area contributed by atoms with E-state index in [-0.39, 0.29) is 0 Å². The lowest BCUT2D eigenvalue weighted by Gasteiger charge is -2.15. The summed E-state index contributed by atoms with van der Waals surface area (Å²) >= 11 is 7.77. The third-order valence-electron chi connectivity index (χ3n) is 5.87. The van der Waals surface area contributed by atoms with Gasteiger partial charge in [0.05, 0.1) is 17.1 Å². The molecule has 0 spiro atoms. The van der Waals surface area contributed by atoms with Crippen molar-refractivity contribution in [1.29, 1.82) is 0 Å². The molecule has 1 unspecified atom stereocenters. The highest BCUT2D eigenvalue weighted by Gasteiger charge is 2.19. The number of hydrogen-bond acceptors (Lipinski definition) is 4. The van der Waals surface area contributed by atoms with E-state index in [0.29, 0.717) is 17.2 Å². The summed E-state index contributed by atoms with van der Waals surface area (Å²) in [6.45, 7) is 1.79. The van der Waals surface area contributed by atoms with Crippen molar-refractivity contribution in [1.82, 2.24) is 9.78 Å². The molecule has 3 aromatic carbocycles. The van der Waals surface area contributed by atoms with Crippen LogP contribution in [0, 0.1) is 0 Å². The lowest BCUT2D eigenvalue weighted by atomic mass is 9.97. The van der Waals surface area contributed by atoms with Crippen LogP contribution in [0.5, 0.6) is 5.75 Å². The summed E-state index contributed by atoms with van der Waals surface area (Å²) in [6, 6.07) is 27.4. The van der Waals surface area contributed by atoms with Crippen LogP contribution in [-0.2, 0) is 4.79 Å². The molecule has 0 aliphatic carbocycles. The van der Waals surface area contributed by atoms with Crippen molar-refractivity contribution in [2.24, 2.45) is 0 Å². The number of thiophene rings is 1. The van der Waals surface area contributed by atoms with Gasteiger partial charge in [0.1, 0.15) is 5.75 Å². The number of benzene rings is 3. The molecule has 0 saturated carbocycles. The first-order valence-electron chi connectivity index (χ1n) is 11.5. The van der Waals surface area contributed by atoms with E-state index in [4.69, 9.17) is 21.4 Å². The van der Waals surface area contributed by atoms with Gasteiger partial charge in [-0.2, -0.15) is 16.4 Å². The number of carbonyl (C=O) groups is 1. The van der Waals surface area contributed by atoms with Gasteiger partial charge in [-0.05, 0) is 71.5 Å². The van der Waals surface area contributed by atoms with Crippen LogP contribution >= 0.6 is 22.9 Å². The van der Waals surface area contributed by atoms with Crippen molar-refractivity contribution in [3.63, 3.8) is 0 Å². The molecule has 180 valence electrons. The van der Waals surface area contributed by atoms with Gasteiger partial charge in [-0.3, -0.25) is 0 Å². The van der Waals surface area contributed by atoms with Gasteiger partial charge in [0, 0.05) is 21.5 Å². The summed E-state index contributed by atoms with van der Waals surface area (Å²) < 4.78 is 7.68. The first kappa shape index (κ1) is 23.9. The molecule has 0 radical (unpaired) electrons. The van der Waals surface area contributed by atoms with Gasteiger partial charge in [-0.1, -0.05) is 54.9 Å². The number of aromatic nitrogens is 2. The number of hydrogen-bond donors (Lipinski definition) is 1. The molecule has 5 rings (SSSR count). The first-order chi connectivity index (χ1) is 17.5. The highest BCUT2D eigenvalue weighted by molar-refractivity contribution is 7.08. The lowest BCUT2D eigenvalue weighted by Crippen LogP contribution is -2.25. The Morgan fingerprint density at radius 2 is 1.78 bits per heavy atom.